The molecule has 40 heavy (non-hydrogen) atoms. The normalized spacial score (nSPS) is 16.1. The van der Waals surface area contributed by atoms with Crippen LogP contribution in [-0.4, -0.2) is 3.21 Å². The fourth-order valence-electron chi connectivity index (χ4n) is 6.71. The first kappa shape index (κ1) is 33.1. The number of halogens is 2. The van der Waals surface area contributed by atoms with Crippen molar-refractivity contribution in [1.29, 1.82) is 0 Å². The Labute approximate surface area is 269 Å². The number of benzene rings is 3. The molecule has 0 spiro atoms. The van der Waals surface area contributed by atoms with Crippen molar-refractivity contribution in [3.8, 4) is 11.1 Å². The molecule has 0 aliphatic heterocycles. The molecule has 0 aromatic heterocycles. The van der Waals surface area contributed by atoms with Crippen molar-refractivity contribution in [1.82, 2.24) is 0 Å². The van der Waals surface area contributed by atoms with E-state index in [-0.39, 0.29) is 24.8 Å². The summed E-state index contributed by atoms with van der Waals surface area (Å²) in [5.41, 5.74) is 5.65. The Morgan fingerprint density at radius 3 is 1.93 bits per heavy atom. The Kier molecular flexibility index (Phi) is 14.5. The molecule has 2 saturated carbocycles. The van der Waals surface area contributed by atoms with E-state index in [2.05, 4.69) is 54.6 Å². The van der Waals surface area contributed by atoms with Crippen LogP contribution in [0.4, 0.5) is 0 Å². The van der Waals surface area contributed by atoms with Crippen molar-refractivity contribution in [3.05, 3.63) is 102 Å². The third-order valence-electron chi connectivity index (χ3n) is 8.69. The molecule has 0 unspecified atom stereocenters. The van der Waals surface area contributed by atoms with Crippen molar-refractivity contribution < 1.29 is 49.0 Å². The van der Waals surface area contributed by atoms with Crippen LogP contribution in [0.15, 0.2) is 84.9 Å². The van der Waals surface area contributed by atoms with Gasteiger partial charge in [0, 0.05) is 0 Å². The van der Waals surface area contributed by atoms with E-state index in [1.54, 1.807) is 24.2 Å². The van der Waals surface area contributed by atoms with Gasteiger partial charge < -0.3 is 24.8 Å². The van der Waals surface area contributed by atoms with Gasteiger partial charge in [0.1, 0.15) is 0 Å². The quantitative estimate of drug-likeness (QED) is 0.256. The van der Waals surface area contributed by atoms with E-state index in [9.17, 15) is 0 Å². The van der Waals surface area contributed by atoms with E-state index >= 15 is 0 Å². The van der Waals surface area contributed by atoms with Gasteiger partial charge in [-0.3, -0.25) is 0 Å². The standard InChI is InChI=1S/C17H11.C15H26.C5H5.2ClH.Zr/c1-3-7-14-12(5-1)9-10-16-15-8-4-2-6-13(15)11-17(14)16;1-3-8-14(9-4-1)12-7-13-15-10-5-2-6-11-15;1-2-4-5-3-1;;;/h1-6,8-10H,11H2;14-15H,1-6,8-13H2;1-5H;2*1H;/q-1;;-1;;;+2/p-2. The summed E-state index contributed by atoms with van der Waals surface area (Å²) in [6.45, 7) is 0. The monoisotopic (exact) mass is 646 g/mol. The minimum Gasteiger partial charge on any atom is -0.214 e. The van der Waals surface area contributed by atoms with Crippen molar-refractivity contribution in [2.75, 3.05) is 0 Å². The van der Waals surface area contributed by atoms with Gasteiger partial charge in [0.25, 0.3) is 0 Å². The van der Waals surface area contributed by atoms with Crippen molar-refractivity contribution in [3.63, 3.8) is 0 Å². The van der Waals surface area contributed by atoms with E-state index in [4.69, 9.17) is 0 Å². The van der Waals surface area contributed by atoms with Gasteiger partial charge in [-0.15, -0.1) is 40.6 Å². The van der Waals surface area contributed by atoms with E-state index in [1.807, 2.05) is 39.6 Å². The first-order valence-electron chi connectivity index (χ1n) is 15.0. The van der Waals surface area contributed by atoms with Gasteiger partial charge in [-0.1, -0.05) is 42.0 Å². The predicted molar refractivity (Wildman–Crippen MR) is 160 cm³/mol. The molecule has 4 aromatic carbocycles. The van der Waals surface area contributed by atoms with Crippen molar-refractivity contribution >= 4 is 14.0 Å². The fraction of sp³-hybridized carbons (Fsp3) is 0.405. The smallest absolute Gasteiger partial charge is 0.0246 e. The second-order valence-corrected chi connectivity index (χ2v) is 13.3. The van der Waals surface area contributed by atoms with Gasteiger partial charge in [-0.2, -0.15) is 18.2 Å². The van der Waals surface area contributed by atoms with Crippen LogP contribution >= 0.6 is 0 Å². The zero-order valence-electron chi connectivity index (χ0n) is 23.7. The third kappa shape index (κ3) is 9.31. The molecule has 3 aliphatic carbocycles. The van der Waals surface area contributed by atoms with Crippen LogP contribution in [0.1, 0.15) is 88.2 Å². The summed E-state index contributed by atoms with van der Waals surface area (Å²) in [5.74, 6) is 2.15. The first-order chi connectivity index (χ1) is 18.8. The number of hydrogen-bond donors (Lipinski definition) is 0. The minimum atomic E-state index is 0. The molecule has 0 radical (unpaired) electrons. The molecule has 7 rings (SSSR count). The fourth-order valence-corrected chi connectivity index (χ4v) is 8.12. The number of hydrogen-bond acceptors (Lipinski definition) is 0. The molecule has 3 heteroatoms. The Morgan fingerprint density at radius 2 is 1.32 bits per heavy atom. The predicted octanol–water partition coefficient (Wildman–Crippen LogP) is 4.27. The third-order valence-corrected chi connectivity index (χ3v) is 9.70. The summed E-state index contributed by atoms with van der Waals surface area (Å²) in [4.78, 5) is 0. The van der Waals surface area contributed by atoms with Gasteiger partial charge in [-0.25, -0.2) is 12.1 Å². The van der Waals surface area contributed by atoms with Crippen LogP contribution in [0.25, 0.3) is 21.9 Å². The first-order valence-corrected chi connectivity index (χ1v) is 16.2. The van der Waals surface area contributed by atoms with Crippen molar-refractivity contribution in [2.45, 2.75) is 83.5 Å². The summed E-state index contributed by atoms with van der Waals surface area (Å²) in [6, 6.07) is 32.7. The molecule has 4 aromatic rings. The maximum Gasteiger partial charge on any atom is -0.0246 e. The largest absolute Gasteiger partial charge is 0.214 e. The van der Waals surface area contributed by atoms with Crippen LogP contribution in [0.5, 0.6) is 0 Å². The van der Waals surface area contributed by atoms with Crippen LogP contribution in [-0.2, 0) is 30.7 Å². The molecule has 0 nitrogen and oxygen atoms in total. The molecule has 0 atom stereocenters. The zero-order valence-corrected chi connectivity index (χ0v) is 27.7. The maximum absolute atomic E-state index is 3.39. The van der Waals surface area contributed by atoms with Crippen LogP contribution in [0.3, 0.4) is 0 Å². The van der Waals surface area contributed by atoms with Crippen LogP contribution < -0.4 is 24.8 Å². The Hall–Kier alpha value is -1.40. The van der Waals surface area contributed by atoms with Crippen molar-refractivity contribution in [2.24, 2.45) is 11.8 Å². The van der Waals surface area contributed by atoms with Crippen LogP contribution in [0, 0.1) is 17.9 Å². The SMILES string of the molecule is [Cl-].[Cl-].[Zr+2]=[C](CC1CCCCC1)CC1CCCCC1.[c-]1cccc2ccc3c(c12)Cc1ccccc1-3.c1cc[cH-]c1. The Balaban J connectivity index is 0.000000181. The van der Waals surface area contributed by atoms with Crippen LogP contribution in [0.2, 0.25) is 0 Å². The summed E-state index contributed by atoms with van der Waals surface area (Å²) >= 11 is 1.75. The Morgan fingerprint density at radius 1 is 0.700 bits per heavy atom. The summed E-state index contributed by atoms with van der Waals surface area (Å²) in [5, 5.41) is 2.57. The van der Waals surface area contributed by atoms with E-state index in [0.717, 1.165) is 18.3 Å². The zero-order chi connectivity index (χ0) is 26.0. The molecule has 0 saturated heterocycles. The summed E-state index contributed by atoms with van der Waals surface area (Å²) < 4.78 is 1.91. The molecule has 210 valence electrons. The molecule has 3 aliphatic rings. The molecule has 0 heterocycles. The van der Waals surface area contributed by atoms with Gasteiger partial charge in [-0.05, 0) is 17.5 Å². The van der Waals surface area contributed by atoms with E-state index < -0.39 is 0 Å². The second-order valence-electron chi connectivity index (χ2n) is 11.5. The summed E-state index contributed by atoms with van der Waals surface area (Å²) in [7, 11) is 0. The molecule has 2 fully saturated rings. The molecule has 0 amide bonds. The molecular formula is C37H42Cl2Zr-2. The van der Waals surface area contributed by atoms with Gasteiger partial charge in [0.05, 0.1) is 0 Å². The molecule has 0 N–H and O–H groups in total. The average Bonchev–Trinajstić information content (AvgIpc) is 3.67. The average molecular weight is 649 g/mol. The maximum atomic E-state index is 3.39. The van der Waals surface area contributed by atoms with Gasteiger partial charge in [0.2, 0.25) is 0 Å². The number of fused-ring (bicyclic) bond motifs is 5. The van der Waals surface area contributed by atoms with E-state index in [0.29, 0.717) is 0 Å². The second kappa shape index (κ2) is 17.5. The Bertz CT molecular complexity index is 1240. The minimum absolute atomic E-state index is 0. The summed E-state index contributed by atoms with van der Waals surface area (Å²) in [6.07, 6.45) is 19.2. The molecule has 0 bridgehead atoms. The van der Waals surface area contributed by atoms with E-state index in [1.165, 1.54) is 110 Å². The van der Waals surface area contributed by atoms with Gasteiger partial charge in [0.15, 0.2) is 0 Å². The topological polar surface area (TPSA) is 0 Å². The van der Waals surface area contributed by atoms with Gasteiger partial charge >= 0.3 is 116 Å². The molecular weight excluding hydrogens is 607 g/mol. The number of rotatable bonds is 4.